The second kappa shape index (κ2) is 4.11. The Morgan fingerprint density at radius 2 is 2.07 bits per heavy atom. The van der Waals surface area contributed by atoms with E-state index in [1.807, 2.05) is 13.8 Å². The maximum atomic E-state index is 13.3. The lowest BCUT2D eigenvalue weighted by molar-refractivity contribution is -0.0643. The van der Waals surface area contributed by atoms with Gasteiger partial charge in [-0.1, -0.05) is 6.42 Å². The van der Waals surface area contributed by atoms with Gasteiger partial charge in [0, 0.05) is 18.5 Å². The van der Waals surface area contributed by atoms with Crippen molar-refractivity contribution in [1.29, 1.82) is 0 Å². The number of halogens is 2. The third-order valence-corrected chi connectivity index (χ3v) is 2.57. The van der Waals surface area contributed by atoms with E-state index in [0.717, 1.165) is 6.42 Å². The zero-order chi connectivity index (χ0) is 10.8. The van der Waals surface area contributed by atoms with Gasteiger partial charge in [-0.25, -0.2) is 8.78 Å². The number of nitrogens with two attached hydrogens (primary N) is 1. The molecule has 0 saturated heterocycles. The van der Waals surface area contributed by atoms with Crippen molar-refractivity contribution < 1.29 is 8.78 Å². The van der Waals surface area contributed by atoms with Crippen LogP contribution < -0.4 is 11.1 Å². The number of alkyl halides is 2. The summed E-state index contributed by atoms with van der Waals surface area (Å²) in [6, 6.07) is -0.681. The maximum Gasteiger partial charge on any atom is 0.263 e. The average Bonchev–Trinajstić information content (AvgIpc) is 2.00. The molecule has 0 spiro atoms. The first kappa shape index (κ1) is 11.9. The Labute approximate surface area is 84.2 Å². The Bertz CT molecular complexity index is 187. The van der Waals surface area contributed by atoms with E-state index in [-0.39, 0.29) is 6.42 Å². The lowest BCUT2D eigenvalue weighted by Gasteiger charge is -2.34. The van der Waals surface area contributed by atoms with Crippen molar-refractivity contribution in [2.24, 2.45) is 5.73 Å². The molecule has 0 amide bonds. The molecule has 0 bridgehead atoms. The van der Waals surface area contributed by atoms with Gasteiger partial charge in [0.2, 0.25) is 0 Å². The van der Waals surface area contributed by atoms with Crippen LogP contribution in [0.25, 0.3) is 0 Å². The quantitative estimate of drug-likeness (QED) is 0.740. The Morgan fingerprint density at radius 3 is 2.57 bits per heavy atom. The smallest absolute Gasteiger partial charge is 0.263 e. The first-order chi connectivity index (χ1) is 6.31. The van der Waals surface area contributed by atoms with Gasteiger partial charge in [-0.2, -0.15) is 0 Å². The number of hydrogen-bond acceptors (Lipinski definition) is 2. The van der Waals surface area contributed by atoms with E-state index in [4.69, 9.17) is 5.73 Å². The molecule has 1 saturated carbocycles. The fourth-order valence-corrected chi connectivity index (χ4v) is 1.73. The van der Waals surface area contributed by atoms with E-state index in [1.165, 1.54) is 0 Å². The van der Waals surface area contributed by atoms with Gasteiger partial charge in [-0.15, -0.1) is 0 Å². The van der Waals surface area contributed by atoms with Crippen LogP contribution in [0.3, 0.4) is 0 Å². The van der Waals surface area contributed by atoms with Gasteiger partial charge in [0.15, 0.2) is 0 Å². The van der Waals surface area contributed by atoms with Crippen molar-refractivity contribution in [3.8, 4) is 0 Å². The highest BCUT2D eigenvalue weighted by atomic mass is 19.3. The summed E-state index contributed by atoms with van der Waals surface area (Å²) in [5.74, 6) is -2.55. The van der Waals surface area contributed by atoms with Crippen LogP contribution in [0.1, 0.15) is 39.5 Å². The lowest BCUT2D eigenvalue weighted by Crippen LogP contribution is -2.53. The van der Waals surface area contributed by atoms with Crippen molar-refractivity contribution in [2.75, 3.05) is 6.54 Å². The van der Waals surface area contributed by atoms with Gasteiger partial charge in [0.1, 0.15) is 0 Å². The highest BCUT2D eigenvalue weighted by Crippen LogP contribution is 2.33. The van der Waals surface area contributed by atoms with Crippen LogP contribution in [0.2, 0.25) is 0 Å². The summed E-state index contributed by atoms with van der Waals surface area (Å²) in [6.45, 7) is 4.11. The predicted molar refractivity (Wildman–Crippen MR) is 53.5 cm³/mol. The van der Waals surface area contributed by atoms with Crippen LogP contribution in [0.15, 0.2) is 0 Å². The molecule has 84 valence electrons. The first-order valence-corrected chi connectivity index (χ1v) is 5.21. The summed E-state index contributed by atoms with van der Waals surface area (Å²) < 4.78 is 26.7. The lowest BCUT2D eigenvalue weighted by atomic mass is 9.91. The summed E-state index contributed by atoms with van der Waals surface area (Å²) in [5.41, 5.74) is 5.31. The summed E-state index contributed by atoms with van der Waals surface area (Å²) in [7, 11) is 0. The molecule has 3 N–H and O–H groups in total. The number of hydrogen-bond donors (Lipinski definition) is 2. The first-order valence-electron chi connectivity index (χ1n) is 5.21. The van der Waals surface area contributed by atoms with E-state index in [0.29, 0.717) is 19.4 Å². The molecule has 4 heteroatoms. The average molecular weight is 206 g/mol. The second-order valence-corrected chi connectivity index (χ2v) is 4.93. The zero-order valence-electron chi connectivity index (χ0n) is 8.95. The molecule has 2 nitrogen and oxygen atoms in total. The third kappa shape index (κ3) is 3.50. The minimum Gasteiger partial charge on any atom is -0.324 e. The third-order valence-electron chi connectivity index (χ3n) is 2.57. The molecule has 1 aliphatic carbocycles. The van der Waals surface area contributed by atoms with E-state index in [2.05, 4.69) is 5.32 Å². The van der Waals surface area contributed by atoms with Crippen LogP contribution in [0.4, 0.5) is 8.78 Å². The highest BCUT2D eigenvalue weighted by Gasteiger charge is 2.41. The summed E-state index contributed by atoms with van der Waals surface area (Å²) >= 11 is 0. The molecule has 1 aliphatic rings. The minimum absolute atomic E-state index is 0.00959. The normalized spacial score (nSPS) is 27.6. The molecule has 0 aromatic rings. The molecule has 0 radical (unpaired) electrons. The topological polar surface area (TPSA) is 38.0 Å². The van der Waals surface area contributed by atoms with E-state index < -0.39 is 17.5 Å². The van der Waals surface area contributed by atoms with Crippen LogP contribution in [0.5, 0.6) is 0 Å². The minimum atomic E-state index is -2.55. The molecule has 0 heterocycles. The molecule has 14 heavy (non-hydrogen) atoms. The largest absolute Gasteiger partial charge is 0.324 e. The molecule has 0 aliphatic heterocycles. The standard InChI is InChI=1S/C10H20F2N2/c1-9(2,13)7-14-8-5-3-4-6-10(8,11)12/h8,14H,3-7,13H2,1-2H3. The van der Waals surface area contributed by atoms with E-state index in [1.54, 1.807) is 0 Å². The van der Waals surface area contributed by atoms with Crippen LogP contribution in [-0.4, -0.2) is 24.0 Å². The molecule has 0 aromatic heterocycles. The summed E-state index contributed by atoms with van der Waals surface area (Å²) in [4.78, 5) is 0. The van der Waals surface area contributed by atoms with Crippen molar-refractivity contribution >= 4 is 0 Å². The number of rotatable bonds is 3. The van der Waals surface area contributed by atoms with E-state index >= 15 is 0 Å². The van der Waals surface area contributed by atoms with Crippen LogP contribution in [-0.2, 0) is 0 Å². The Kier molecular flexibility index (Phi) is 3.48. The van der Waals surface area contributed by atoms with Crippen LogP contribution in [0, 0.1) is 0 Å². The summed E-state index contributed by atoms with van der Waals surface area (Å²) in [5, 5.41) is 2.88. The fourth-order valence-electron chi connectivity index (χ4n) is 1.73. The fraction of sp³-hybridized carbons (Fsp3) is 1.00. The zero-order valence-corrected chi connectivity index (χ0v) is 8.95. The molecule has 0 aromatic carbocycles. The van der Waals surface area contributed by atoms with Crippen molar-refractivity contribution in [3.63, 3.8) is 0 Å². The molecule has 1 rings (SSSR count). The molecule has 1 fully saturated rings. The second-order valence-electron chi connectivity index (χ2n) is 4.93. The van der Waals surface area contributed by atoms with Crippen LogP contribution >= 0.6 is 0 Å². The van der Waals surface area contributed by atoms with Gasteiger partial charge in [-0.3, -0.25) is 0 Å². The number of nitrogens with one attached hydrogen (secondary N) is 1. The van der Waals surface area contributed by atoms with Crippen molar-refractivity contribution in [2.45, 2.75) is 57.0 Å². The highest BCUT2D eigenvalue weighted by molar-refractivity contribution is 4.89. The SMILES string of the molecule is CC(C)(N)CNC1CCCCC1(F)F. The predicted octanol–water partition coefficient (Wildman–Crippen LogP) is 1.89. The molecule has 1 unspecified atom stereocenters. The monoisotopic (exact) mass is 206 g/mol. The van der Waals surface area contributed by atoms with Crippen molar-refractivity contribution in [3.05, 3.63) is 0 Å². The van der Waals surface area contributed by atoms with Gasteiger partial charge in [-0.05, 0) is 26.7 Å². The molecular weight excluding hydrogens is 186 g/mol. The molecule has 1 atom stereocenters. The van der Waals surface area contributed by atoms with Crippen molar-refractivity contribution in [1.82, 2.24) is 5.32 Å². The summed E-state index contributed by atoms with van der Waals surface area (Å²) in [6.07, 6.45) is 2.09. The van der Waals surface area contributed by atoms with E-state index in [9.17, 15) is 8.78 Å². The van der Waals surface area contributed by atoms with Gasteiger partial charge >= 0.3 is 0 Å². The maximum absolute atomic E-state index is 13.3. The van der Waals surface area contributed by atoms with Gasteiger partial charge in [0.05, 0.1) is 6.04 Å². The Balaban J connectivity index is 2.42. The van der Waals surface area contributed by atoms with Gasteiger partial charge < -0.3 is 11.1 Å². The molecular formula is C10H20F2N2. The Morgan fingerprint density at radius 1 is 1.43 bits per heavy atom. The van der Waals surface area contributed by atoms with Gasteiger partial charge in [0.25, 0.3) is 5.92 Å². The Hall–Kier alpha value is -0.220.